The lowest BCUT2D eigenvalue weighted by molar-refractivity contribution is 0.121. The molecule has 1 aliphatic carbocycles. The van der Waals surface area contributed by atoms with Crippen molar-refractivity contribution in [3.8, 4) is 0 Å². The van der Waals surface area contributed by atoms with E-state index in [9.17, 15) is 5.11 Å². The summed E-state index contributed by atoms with van der Waals surface area (Å²) in [6, 6.07) is 8.34. The van der Waals surface area contributed by atoms with Gasteiger partial charge in [0.25, 0.3) is 0 Å². The molecule has 82 valence electrons. The van der Waals surface area contributed by atoms with E-state index in [-0.39, 0.29) is 5.92 Å². The quantitative estimate of drug-likeness (QED) is 0.791. The van der Waals surface area contributed by atoms with E-state index in [4.69, 9.17) is 5.73 Å². The van der Waals surface area contributed by atoms with Gasteiger partial charge in [0, 0.05) is 0 Å². The van der Waals surface area contributed by atoms with Crippen LogP contribution in [-0.4, -0.2) is 11.7 Å². The van der Waals surface area contributed by atoms with E-state index in [1.165, 1.54) is 18.4 Å². The van der Waals surface area contributed by atoms with Crippen LogP contribution in [-0.2, 0) is 0 Å². The van der Waals surface area contributed by atoms with Crippen LogP contribution >= 0.6 is 0 Å². The predicted octanol–water partition coefficient (Wildman–Crippen LogP) is 2.19. The number of hydrogen-bond donors (Lipinski definition) is 2. The van der Waals surface area contributed by atoms with Crippen molar-refractivity contribution in [3.63, 3.8) is 0 Å². The van der Waals surface area contributed by atoms with E-state index < -0.39 is 6.10 Å². The molecule has 1 saturated carbocycles. The summed E-state index contributed by atoms with van der Waals surface area (Å²) in [6.07, 6.45) is 2.21. The van der Waals surface area contributed by atoms with Gasteiger partial charge in [-0.3, -0.25) is 0 Å². The van der Waals surface area contributed by atoms with Crippen molar-refractivity contribution in [2.75, 3.05) is 6.54 Å². The molecule has 1 aliphatic rings. The fourth-order valence-electron chi connectivity index (χ4n) is 1.84. The van der Waals surface area contributed by atoms with E-state index in [1.807, 2.05) is 19.1 Å². The van der Waals surface area contributed by atoms with Crippen molar-refractivity contribution >= 4 is 0 Å². The molecule has 0 aliphatic heterocycles. The van der Waals surface area contributed by atoms with Gasteiger partial charge in [-0.15, -0.1) is 0 Å². The third kappa shape index (κ3) is 2.39. The van der Waals surface area contributed by atoms with Crippen LogP contribution in [0.2, 0.25) is 0 Å². The van der Waals surface area contributed by atoms with Gasteiger partial charge in [0.2, 0.25) is 0 Å². The SMILES string of the molecule is CC(CN)C(O)c1ccc(C2CC2)cc1. The Morgan fingerprint density at radius 3 is 2.40 bits per heavy atom. The van der Waals surface area contributed by atoms with Crippen LogP contribution in [0.25, 0.3) is 0 Å². The van der Waals surface area contributed by atoms with Crippen LogP contribution in [0.4, 0.5) is 0 Å². The van der Waals surface area contributed by atoms with Crippen LogP contribution in [0.3, 0.4) is 0 Å². The molecule has 0 aromatic heterocycles. The highest BCUT2D eigenvalue weighted by Crippen LogP contribution is 2.40. The summed E-state index contributed by atoms with van der Waals surface area (Å²) in [5.41, 5.74) is 7.93. The fraction of sp³-hybridized carbons (Fsp3) is 0.538. The monoisotopic (exact) mass is 205 g/mol. The maximum atomic E-state index is 9.95. The van der Waals surface area contributed by atoms with E-state index >= 15 is 0 Å². The fourth-order valence-corrected chi connectivity index (χ4v) is 1.84. The third-order valence-corrected chi connectivity index (χ3v) is 3.24. The van der Waals surface area contributed by atoms with E-state index in [0.29, 0.717) is 6.54 Å². The summed E-state index contributed by atoms with van der Waals surface area (Å²) in [6.45, 7) is 2.49. The zero-order valence-electron chi connectivity index (χ0n) is 9.19. The molecule has 0 heterocycles. The van der Waals surface area contributed by atoms with Crippen molar-refractivity contribution in [1.29, 1.82) is 0 Å². The highest BCUT2D eigenvalue weighted by molar-refractivity contribution is 5.29. The minimum atomic E-state index is -0.428. The Hall–Kier alpha value is -0.860. The van der Waals surface area contributed by atoms with Crippen molar-refractivity contribution in [3.05, 3.63) is 35.4 Å². The summed E-state index contributed by atoms with van der Waals surface area (Å²) >= 11 is 0. The van der Waals surface area contributed by atoms with Crippen LogP contribution in [0, 0.1) is 5.92 Å². The molecule has 3 N–H and O–H groups in total. The van der Waals surface area contributed by atoms with Gasteiger partial charge in [-0.2, -0.15) is 0 Å². The molecular weight excluding hydrogens is 186 g/mol. The zero-order chi connectivity index (χ0) is 10.8. The standard InChI is InChI=1S/C13H19NO/c1-9(8-14)13(15)12-6-4-11(5-7-12)10-2-3-10/h4-7,9-10,13,15H,2-3,8,14H2,1H3. The van der Waals surface area contributed by atoms with Crippen molar-refractivity contribution in [1.82, 2.24) is 0 Å². The average Bonchev–Trinajstić information content (AvgIpc) is 3.11. The second-order valence-corrected chi connectivity index (χ2v) is 4.60. The van der Waals surface area contributed by atoms with Gasteiger partial charge in [0.15, 0.2) is 0 Å². The minimum Gasteiger partial charge on any atom is -0.388 e. The second-order valence-electron chi connectivity index (χ2n) is 4.60. The number of benzene rings is 1. The average molecular weight is 205 g/mol. The Balaban J connectivity index is 2.08. The lowest BCUT2D eigenvalue weighted by atomic mass is 9.96. The second kappa shape index (κ2) is 4.33. The smallest absolute Gasteiger partial charge is 0.0827 e. The van der Waals surface area contributed by atoms with Gasteiger partial charge < -0.3 is 10.8 Å². The van der Waals surface area contributed by atoms with Crippen molar-refractivity contribution in [2.24, 2.45) is 11.7 Å². The van der Waals surface area contributed by atoms with Crippen LogP contribution in [0.5, 0.6) is 0 Å². The largest absolute Gasteiger partial charge is 0.388 e. The highest BCUT2D eigenvalue weighted by atomic mass is 16.3. The third-order valence-electron chi connectivity index (χ3n) is 3.24. The molecule has 1 fully saturated rings. The molecule has 1 aromatic rings. The predicted molar refractivity (Wildman–Crippen MR) is 61.6 cm³/mol. The first-order chi connectivity index (χ1) is 7.22. The van der Waals surface area contributed by atoms with Gasteiger partial charge in [0.1, 0.15) is 0 Å². The lowest BCUT2D eigenvalue weighted by Gasteiger charge is -2.17. The Morgan fingerprint density at radius 1 is 1.33 bits per heavy atom. The molecule has 15 heavy (non-hydrogen) atoms. The molecular formula is C13H19NO. The molecule has 2 rings (SSSR count). The van der Waals surface area contributed by atoms with Gasteiger partial charge in [-0.05, 0) is 42.3 Å². The molecule has 0 saturated heterocycles. The summed E-state index contributed by atoms with van der Waals surface area (Å²) in [5.74, 6) is 0.903. The van der Waals surface area contributed by atoms with Gasteiger partial charge in [0.05, 0.1) is 6.10 Å². The Morgan fingerprint density at radius 2 is 1.93 bits per heavy atom. The van der Waals surface area contributed by atoms with Gasteiger partial charge in [-0.25, -0.2) is 0 Å². The first-order valence-corrected chi connectivity index (χ1v) is 5.70. The normalized spacial score (nSPS) is 19.9. The summed E-state index contributed by atoms with van der Waals surface area (Å²) in [7, 11) is 0. The van der Waals surface area contributed by atoms with Crippen molar-refractivity contribution in [2.45, 2.75) is 31.8 Å². The summed E-state index contributed by atoms with van der Waals surface area (Å²) in [5, 5.41) is 9.95. The molecule has 2 atom stereocenters. The Bertz CT molecular complexity index is 316. The minimum absolute atomic E-state index is 0.122. The summed E-state index contributed by atoms with van der Waals surface area (Å²) < 4.78 is 0. The number of rotatable bonds is 4. The maximum Gasteiger partial charge on any atom is 0.0827 e. The molecule has 0 spiro atoms. The molecule has 0 radical (unpaired) electrons. The van der Waals surface area contributed by atoms with Crippen LogP contribution in [0.1, 0.15) is 42.9 Å². The first kappa shape index (κ1) is 10.7. The maximum absolute atomic E-state index is 9.95. The Kier molecular flexibility index (Phi) is 3.08. The molecule has 0 bridgehead atoms. The van der Waals surface area contributed by atoms with Crippen LogP contribution in [0.15, 0.2) is 24.3 Å². The number of nitrogens with two attached hydrogens (primary N) is 1. The summed E-state index contributed by atoms with van der Waals surface area (Å²) in [4.78, 5) is 0. The number of aliphatic hydroxyl groups excluding tert-OH is 1. The molecule has 1 aromatic carbocycles. The van der Waals surface area contributed by atoms with E-state index in [2.05, 4.69) is 12.1 Å². The van der Waals surface area contributed by atoms with Gasteiger partial charge in [-0.1, -0.05) is 31.2 Å². The molecule has 2 nitrogen and oxygen atoms in total. The molecule has 2 unspecified atom stereocenters. The number of hydrogen-bond acceptors (Lipinski definition) is 2. The molecule has 0 amide bonds. The lowest BCUT2D eigenvalue weighted by Crippen LogP contribution is -2.18. The topological polar surface area (TPSA) is 46.2 Å². The number of aliphatic hydroxyl groups is 1. The zero-order valence-corrected chi connectivity index (χ0v) is 9.19. The van der Waals surface area contributed by atoms with E-state index in [0.717, 1.165) is 11.5 Å². The Labute approximate surface area is 91.1 Å². The highest BCUT2D eigenvalue weighted by Gasteiger charge is 2.23. The van der Waals surface area contributed by atoms with Crippen LogP contribution < -0.4 is 5.73 Å². The first-order valence-electron chi connectivity index (χ1n) is 5.70. The van der Waals surface area contributed by atoms with Crippen molar-refractivity contribution < 1.29 is 5.11 Å². The molecule has 2 heteroatoms. The van der Waals surface area contributed by atoms with Gasteiger partial charge >= 0.3 is 0 Å². The van der Waals surface area contributed by atoms with E-state index in [1.54, 1.807) is 0 Å².